The second-order valence-electron chi connectivity index (χ2n) is 4.65. The Kier molecular flexibility index (Phi) is 4.70. The van der Waals surface area contributed by atoms with E-state index in [1.54, 1.807) is 22.9 Å². The molecule has 1 aromatic heterocycles. The van der Waals surface area contributed by atoms with Gasteiger partial charge in [-0.15, -0.1) is 0 Å². The molecule has 2 heterocycles. The number of carbonyl (C=O) groups is 1. The van der Waals surface area contributed by atoms with Crippen molar-refractivity contribution in [3.63, 3.8) is 0 Å². The fraction of sp³-hybridized carbons (Fsp3) is 0.538. The van der Waals surface area contributed by atoms with E-state index in [0.717, 1.165) is 0 Å². The summed E-state index contributed by atoms with van der Waals surface area (Å²) < 4.78 is 7.21. The van der Waals surface area contributed by atoms with Crippen LogP contribution in [0.2, 0.25) is 0 Å². The number of hydrogen-bond acceptors (Lipinski definition) is 4. The minimum absolute atomic E-state index is 0.0590. The van der Waals surface area contributed by atoms with Crippen LogP contribution in [0.3, 0.4) is 0 Å². The first-order valence-corrected chi connectivity index (χ1v) is 6.37. The molecule has 1 saturated heterocycles. The number of nitrogens with zero attached hydrogens (tertiary/aromatic N) is 1. The maximum atomic E-state index is 11.5. The lowest BCUT2D eigenvalue weighted by Gasteiger charge is -2.27. The maximum Gasteiger partial charge on any atom is 0.307 e. The lowest BCUT2D eigenvalue weighted by atomic mass is 9.98. The third-order valence-corrected chi connectivity index (χ3v) is 3.24. The number of carboxylic acids is 1. The zero-order chi connectivity index (χ0) is 13.7. The highest BCUT2D eigenvalue weighted by Gasteiger charge is 2.26. The predicted octanol–water partition coefficient (Wildman–Crippen LogP) is -0.0724. The van der Waals surface area contributed by atoms with Crippen LogP contribution >= 0.6 is 0 Å². The Bertz CT molecular complexity index is 486. The van der Waals surface area contributed by atoms with Gasteiger partial charge in [0.25, 0.3) is 5.56 Å². The number of ether oxygens (including phenoxy) is 1. The molecule has 1 aliphatic rings. The molecule has 0 radical (unpaired) electrons. The Hall–Kier alpha value is -1.66. The van der Waals surface area contributed by atoms with Gasteiger partial charge in [-0.25, -0.2) is 0 Å². The van der Waals surface area contributed by atoms with Crippen LogP contribution in [0.1, 0.15) is 6.42 Å². The van der Waals surface area contributed by atoms with Crippen LogP contribution in [0, 0.1) is 5.92 Å². The van der Waals surface area contributed by atoms with Crippen molar-refractivity contribution >= 4 is 5.97 Å². The number of carboxylic acid groups (broad SMARTS) is 1. The molecule has 1 fully saturated rings. The van der Waals surface area contributed by atoms with E-state index in [2.05, 4.69) is 5.32 Å². The topological polar surface area (TPSA) is 80.6 Å². The summed E-state index contributed by atoms with van der Waals surface area (Å²) in [5.74, 6) is -1.18. The average molecular weight is 266 g/mol. The van der Waals surface area contributed by atoms with Crippen molar-refractivity contribution in [2.24, 2.45) is 5.92 Å². The summed E-state index contributed by atoms with van der Waals surface area (Å²) in [6, 6.07) is 4.99. The van der Waals surface area contributed by atoms with Crippen molar-refractivity contribution in [2.45, 2.75) is 19.1 Å². The van der Waals surface area contributed by atoms with Crippen molar-refractivity contribution in [3.05, 3.63) is 34.7 Å². The molecule has 6 nitrogen and oxygen atoms in total. The summed E-state index contributed by atoms with van der Waals surface area (Å²) in [4.78, 5) is 22.4. The van der Waals surface area contributed by atoms with Crippen LogP contribution in [0.5, 0.6) is 0 Å². The minimum Gasteiger partial charge on any atom is -0.481 e. The largest absolute Gasteiger partial charge is 0.481 e. The van der Waals surface area contributed by atoms with Crippen molar-refractivity contribution in [2.75, 3.05) is 19.7 Å². The van der Waals surface area contributed by atoms with E-state index in [4.69, 9.17) is 9.84 Å². The van der Waals surface area contributed by atoms with E-state index >= 15 is 0 Å². The molecular formula is C13H18N2O4. The fourth-order valence-corrected chi connectivity index (χ4v) is 2.18. The lowest BCUT2D eigenvalue weighted by molar-refractivity contribution is -0.144. The Balaban J connectivity index is 1.78. The van der Waals surface area contributed by atoms with Gasteiger partial charge in [-0.3, -0.25) is 9.59 Å². The van der Waals surface area contributed by atoms with Crippen LogP contribution in [0.4, 0.5) is 0 Å². The zero-order valence-corrected chi connectivity index (χ0v) is 10.6. The van der Waals surface area contributed by atoms with Crippen LogP contribution in [-0.4, -0.2) is 41.4 Å². The summed E-state index contributed by atoms with van der Waals surface area (Å²) in [5, 5.41) is 12.0. The molecule has 104 valence electrons. The summed E-state index contributed by atoms with van der Waals surface area (Å²) in [6.45, 7) is 2.04. The molecule has 1 aliphatic heterocycles. The van der Waals surface area contributed by atoms with Crippen LogP contribution in [-0.2, 0) is 16.1 Å². The van der Waals surface area contributed by atoms with Crippen molar-refractivity contribution in [3.8, 4) is 0 Å². The first-order chi connectivity index (χ1) is 9.16. The molecule has 1 aromatic rings. The normalized spacial score (nSPS) is 23.2. The van der Waals surface area contributed by atoms with Gasteiger partial charge in [0.1, 0.15) is 0 Å². The second kappa shape index (κ2) is 6.49. The quantitative estimate of drug-likeness (QED) is 0.779. The van der Waals surface area contributed by atoms with Crippen molar-refractivity contribution in [1.82, 2.24) is 9.88 Å². The second-order valence-corrected chi connectivity index (χ2v) is 4.65. The van der Waals surface area contributed by atoms with Gasteiger partial charge in [-0.05, 0) is 12.5 Å². The first-order valence-electron chi connectivity index (χ1n) is 6.37. The molecule has 0 amide bonds. The Labute approximate surface area is 111 Å². The molecule has 19 heavy (non-hydrogen) atoms. The van der Waals surface area contributed by atoms with Crippen LogP contribution in [0.25, 0.3) is 0 Å². The van der Waals surface area contributed by atoms with Gasteiger partial charge in [0.15, 0.2) is 0 Å². The number of rotatable bonds is 5. The smallest absolute Gasteiger partial charge is 0.307 e. The molecule has 2 rings (SSSR count). The molecule has 2 atom stereocenters. The van der Waals surface area contributed by atoms with Gasteiger partial charge in [0.2, 0.25) is 0 Å². The number of piperidine rings is 1. The van der Waals surface area contributed by atoms with Crippen LogP contribution in [0.15, 0.2) is 29.2 Å². The third kappa shape index (κ3) is 3.90. The monoisotopic (exact) mass is 266 g/mol. The van der Waals surface area contributed by atoms with E-state index in [1.165, 1.54) is 6.07 Å². The van der Waals surface area contributed by atoms with Gasteiger partial charge < -0.3 is 19.7 Å². The van der Waals surface area contributed by atoms with E-state index in [1.807, 2.05) is 0 Å². The summed E-state index contributed by atoms with van der Waals surface area (Å²) in [5.41, 5.74) is -0.0590. The average Bonchev–Trinajstić information content (AvgIpc) is 2.41. The molecule has 0 spiro atoms. The molecule has 0 aromatic carbocycles. The number of nitrogens with one attached hydrogen (secondary N) is 1. The molecule has 6 heteroatoms. The number of aromatic nitrogens is 1. The van der Waals surface area contributed by atoms with Gasteiger partial charge >= 0.3 is 5.97 Å². The van der Waals surface area contributed by atoms with E-state index in [-0.39, 0.29) is 11.7 Å². The van der Waals surface area contributed by atoms with Crippen molar-refractivity contribution in [1.29, 1.82) is 0 Å². The first kappa shape index (κ1) is 13.8. The standard InChI is InChI=1S/C13H18N2O4/c16-12-3-1-2-4-15(12)5-6-19-11-7-10(13(17)18)8-14-9-11/h1-4,10-11,14H,5-9H2,(H,17,18). The van der Waals surface area contributed by atoms with Crippen LogP contribution < -0.4 is 10.9 Å². The molecule has 0 saturated carbocycles. The zero-order valence-electron chi connectivity index (χ0n) is 10.6. The Morgan fingerprint density at radius 3 is 3.05 bits per heavy atom. The Morgan fingerprint density at radius 1 is 1.47 bits per heavy atom. The SMILES string of the molecule is O=C(O)C1CNCC(OCCn2ccccc2=O)C1. The molecular weight excluding hydrogens is 248 g/mol. The van der Waals surface area contributed by atoms with E-state index in [0.29, 0.717) is 32.7 Å². The van der Waals surface area contributed by atoms with E-state index in [9.17, 15) is 9.59 Å². The molecule has 2 unspecified atom stereocenters. The molecule has 2 N–H and O–H groups in total. The maximum absolute atomic E-state index is 11.5. The summed E-state index contributed by atoms with van der Waals surface area (Å²) in [7, 11) is 0. The number of aliphatic carboxylic acids is 1. The Morgan fingerprint density at radius 2 is 2.32 bits per heavy atom. The highest BCUT2D eigenvalue weighted by Crippen LogP contribution is 2.13. The van der Waals surface area contributed by atoms with Gasteiger partial charge in [0, 0.05) is 31.9 Å². The highest BCUT2D eigenvalue weighted by molar-refractivity contribution is 5.70. The number of hydrogen-bond donors (Lipinski definition) is 2. The van der Waals surface area contributed by atoms with Gasteiger partial charge in [0.05, 0.1) is 18.6 Å². The van der Waals surface area contributed by atoms with E-state index < -0.39 is 11.9 Å². The lowest BCUT2D eigenvalue weighted by Crippen LogP contribution is -2.44. The van der Waals surface area contributed by atoms with Gasteiger partial charge in [-0.2, -0.15) is 0 Å². The third-order valence-electron chi connectivity index (χ3n) is 3.24. The summed E-state index contributed by atoms with van der Waals surface area (Å²) >= 11 is 0. The van der Waals surface area contributed by atoms with Gasteiger partial charge in [-0.1, -0.05) is 6.07 Å². The minimum atomic E-state index is -0.792. The highest BCUT2D eigenvalue weighted by atomic mass is 16.5. The molecule has 0 bridgehead atoms. The molecule has 0 aliphatic carbocycles. The van der Waals surface area contributed by atoms with Crippen molar-refractivity contribution < 1.29 is 14.6 Å². The fourth-order valence-electron chi connectivity index (χ4n) is 2.18. The number of pyridine rings is 1. The summed E-state index contributed by atoms with van der Waals surface area (Å²) in [6.07, 6.45) is 2.13. The predicted molar refractivity (Wildman–Crippen MR) is 69.1 cm³/mol.